The van der Waals surface area contributed by atoms with Crippen molar-refractivity contribution in [1.82, 2.24) is 4.90 Å². The van der Waals surface area contributed by atoms with Crippen molar-refractivity contribution in [3.05, 3.63) is 34.3 Å². The summed E-state index contributed by atoms with van der Waals surface area (Å²) in [5.41, 5.74) is 1.66. The van der Waals surface area contributed by atoms with Crippen LogP contribution in [0.2, 0.25) is 5.02 Å². The maximum atomic E-state index is 12.4. The summed E-state index contributed by atoms with van der Waals surface area (Å²) in [5.74, 6) is 0.562. The van der Waals surface area contributed by atoms with Gasteiger partial charge in [0.25, 0.3) is 5.91 Å². The molecule has 20 heavy (non-hydrogen) atoms. The Hall–Kier alpha value is -0.770. The van der Waals surface area contributed by atoms with E-state index in [2.05, 4.69) is 0 Å². The molecule has 0 N–H and O–H groups in total. The molecule has 1 saturated heterocycles. The Morgan fingerprint density at radius 2 is 2.05 bits per heavy atom. The van der Waals surface area contributed by atoms with Crippen LogP contribution in [0.5, 0.6) is 0 Å². The molecule has 1 aromatic rings. The van der Waals surface area contributed by atoms with E-state index in [4.69, 9.17) is 27.9 Å². The Kier molecular flexibility index (Phi) is 5.70. The van der Waals surface area contributed by atoms with E-state index >= 15 is 0 Å². The molecule has 1 fully saturated rings. The summed E-state index contributed by atoms with van der Waals surface area (Å²) < 4.78 is 5.61. The van der Waals surface area contributed by atoms with E-state index in [0.717, 1.165) is 31.5 Å². The number of piperidine rings is 1. The molecule has 0 aromatic heterocycles. The van der Waals surface area contributed by atoms with Gasteiger partial charge in [-0.15, -0.1) is 11.6 Å². The number of likely N-dealkylation sites (tertiary alicyclic amines) is 1. The number of nitrogens with zero attached hydrogens (tertiary/aromatic N) is 1. The van der Waals surface area contributed by atoms with E-state index in [1.54, 1.807) is 6.07 Å². The lowest BCUT2D eigenvalue weighted by atomic mass is 10.1. The summed E-state index contributed by atoms with van der Waals surface area (Å²) in [4.78, 5) is 14.3. The average molecular weight is 316 g/mol. The monoisotopic (exact) mass is 315 g/mol. The second-order valence-corrected chi connectivity index (χ2v) is 5.88. The van der Waals surface area contributed by atoms with Crippen LogP contribution in [0.15, 0.2) is 18.2 Å². The number of carbonyl (C=O) groups is 1. The third-order valence-electron chi connectivity index (χ3n) is 3.45. The van der Waals surface area contributed by atoms with Gasteiger partial charge in [-0.05, 0) is 43.5 Å². The van der Waals surface area contributed by atoms with E-state index in [9.17, 15) is 4.79 Å². The van der Waals surface area contributed by atoms with Crippen molar-refractivity contribution in [3.63, 3.8) is 0 Å². The quantitative estimate of drug-likeness (QED) is 0.796. The van der Waals surface area contributed by atoms with Crippen LogP contribution in [0, 0.1) is 6.92 Å². The first-order valence-electron chi connectivity index (χ1n) is 6.84. The van der Waals surface area contributed by atoms with Crippen LogP contribution in [0.25, 0.3) is 0 Å². The number of halogens is 2. The molecule has 1 aliphatic heterocycles. The zero-order valence-electron chi connectivity index (χ0n) is 11.6. The minimum atomic E-state index is 0.0476. The van der Waals surface area contributed by atoms with Crippen molar-refractivity contribution in [2.45, 2.75) is 25.9 Å². The highest BCUT2D eigenvalue weighted by atomic mass is 35.5. The number of benzene rings is 1. The number of alkyl halides is 1. The lowest BCUT2D eigenvalue weighted by Crippen LogP contribution is -2.41. The van der Waals surface area contributed by atoms with E-state index in [-0.39, 0.29) is 12.0 Å². The second-order valence-electron chi connectivity index (χ2n) is 5.07. The second kappa shape index (κ2) is 7.30. The first-order valence-corrected chi connectivity index (χ1v) is 7.75. The molecular weight excluding hydrogens is 297 g/mol. The molecule has 0 bridgehead atoms. The average Bonchev–Trinajstić information content (AvgIpc) is 2.44. The van der Waals surface area contributed by atoms with Gasteiger partial charge in [0.1, 0.15) is 0 Å². The topological polar surface area (TPSA) is 29.5 Å². The molecule has 110 valence electrons. The minimum Gasteiger partial charge on any atom is -0.377 e. The van der Waals surface area contributed by atoms with Crippen molar-refractivity contribution in [3.8, 4) is 0 Å². The van der Waals surface area contributed by atoms with Gasteiger partial charge in [-0.3, -0.25) is 4.79 Å². The highest BCUT2D eigenvalue weighted by molar-refractivity contribution is 6.31. The smallest absolute Gasteiger partial charge is 0.253 e. The Labute approximate surface area is 129 Å². The molecular formula is C15H19Cl2NO2. The number of ether oxygens (including phenoxy) is 1. The van der Waals surface area contributed by atoms with E-state index in [0.29, 0.717) is 23.1 Å². The molecule has 2 rings (SSSR count). The molecule has 1 amide bonds. The van der Waals surface area contributed by atoms with Crippen LogP contribution < -0.4 is 0 Å². The van der Waals surface area contributed by atoms with Gasteiger partial charge in [-0.1, -0.05) is 11.6 Å². The lowest BCUT2D eigenvalue weighted by molar-refractivity contribution is 0.0154. The van der Waals surface area contributed by atoms with Gasteiger partial charge in [0.15, 0.2) is 0 Å². The van der Waals surface area contributed by atoms with Crippen molar-refractivity contribution in [2.75, 3.05) is 25.6 Å². The maximum absolute atomic E-state index is 12.4. The van der Waals surface area contributed by atoms with Crippen LogP contribution in [-0.4, -0.2) is 42.5 Å². The number of rotatable bonds is 4. The van der Waals surface area contributed by atoms with Crippen molar-refractivity contribution < 1.29 is 9.53 Å². The van der Waals surface area contributed by atoms with Gasteiger partial charge in [-0.25, -0.2) is 0 Å². The summed E-state index contributed by atoms with van der Waals surface area (Å²) >= 11 is 11.6. The van der Waals surface area contributed by atoms with E-state index < -0.39 is 0 Å². The van der Waals surface area contributed by atoms with Crippen LogP contribution >= 0.6 is 23.2 Å². The Balaban J connectivity index is 1.94. The minimum absolute atomic E-state index is 0.0476. The molecule has 1 heterocycles. The molecule has 3 nitrogen and oxygen atoms in total. The molecule has 0 saturated carbocycles. The molecule has 0 unspecified atom stereocenters. The SMILES string of the molecule is Cc1cc(Cl)cc(C(=O)N2CCC(OCCCl)CC2)c1. The van der Waals surface area contributed by atoms with Crippen molar-refractivity contribution in [1.29, 1.82) is 0 Å². The predicted octanol–water partition coefficient (Wildman–Crippen LogP) is 3.51. The van der Waals surface area contributed by atoms with Crippen LogP contribution in [0.1, 0.15) is 28.8 Å². The first kappa shape index (κ1) is 15.6. The third kappa shape index (κ3) is 4.11. The van der Waals surface area contributed by atoms with E-state index in [1.807, 2.05) is 24.0 Å². The van der Waals surface area contributed by atoms with E-state index in [1.165, 1.54) is 0 Å². The van der Waals surface area contributed by atoms with Gasteiger partial charge in [0, 0.05) is 29.6 Å². The molecule has 0 radical (unpaired) electrons. The van der Waals surface area contributed by atoms with Gasteiger partial charge < -0.3 is 9.64 Å². The molecule has 0 atom stereocenters. The summed E-state index contributed by atoms with van der Waals surface area (Å²) in [6.07, 6.45) is 1.95. The number of hydrogen-bond acceptors (Lipinski definition) is 2. The van der Waals surface area contributed by atoms with Gasteiger partial charge in [0.2, 0.25) is 0 Å². The van der Waals surface area contributed by atoms with Crippen molar-refractivity contribution >= 4 is 29.1 Å². The molecule has 1 aliphatic rings. The highest BCUT2D eigenvalue weighted by Crippen LogP contribution is 2.19. The maximum Gasteiger partial charge on any atom is 0.253 e. The normalized spacial score (nSPS) is 16.4. The number of hydrogen-bond donors (Lipinski definition) is 0. The fourth-order valence-corrected chi connectivity index (χ4v) is 2.86. The fraction of sp³-hybridized carbons (Fsp3) is 0.533. The largest absolute Gasteiger partial charge is 0.377 e. The zero-order chi connectivity index (χ0) is 14.5. The summed E-state index contributed by atoms with van der Waals surface area (Å²) in [7, 11) is 0. The van der Waals surface area contributed by atoms with Crippen LogP contribution in [0.3, 0.4) is 0 Å². The van der Waals surface area contributed by atoms with Gasteiger partial charge >= 0.3 is 0 Å². The highest BCUT2D eigenvalue weighted by Gasteiger charge is 2.24. The van der Waals surface area contributed by atoms with Crippen LogP contribution in [-0.2, 0) is 4.74 Å². The molecule has 0 aliphatic carbocycles. The summed E-state index contributed by atoms with van der Waals surface area (Å²) in [5, 5.41) is 0.605. The van der Waals surface area contributed by atoms with Gasteiger partial charge in [-0.2, -0.15) is 0 Å². The number of amides is 1. The summed E-state index contributed by atoms with van der Waals surface area (Å²) in [6, 6.07) is 5.46. The number of aryl methyl sites for hydroxylation is 1. The molecule has 0 spiro atoms. The Bertz CT molecular complexity index is 451. The fourth-order valence-electron chi connectivity index (χ4n) is 2.48. The Morgan fingerprint density at radius 3 is 2.65 bits per heavy atom. The predicted molar refractivity (Wildman–Crippen MR) is 81.8 cm³/mol. The number of carbonyl (C=O) groups excluding carboxylic acids is 1. The Morgan fingerprint density at radius 1 is 1.35 bits per heavy atom. The van der Waals surface area contributed by atoms with Crippen molar-refractivity contribution in [2.24, 2.45) is 0 Å². The van der Waals surface area contributed by atoms with Crippen LogP contribution in [0.4, 0.5) is 0 Å². The standard InChI is InChI=1S/C15H19Cl2NO2/c1-11-8-12(10-13(17)9-11)15(19)18-5-2-14(3-6-18)20-7-4-16/h8-10,14H,2-7H2,1H3. The lowest BCUT2D eigenvalue weighted by Gasteiger charge is -2.32. The first-order chi connectivity index (χ1) is 9.60. The van der Waals surface area contributed by atoms with Gasteiger partial charge in [0.05, 0.1) is 12.7 Å². The zero-order valence-corrected chi connectivity index (χ0v) is 13.1. The molecule has 5 heteroatoms. The third-order valence-corrected chi connectivity index (χ3v) is 3.82. The summed E-state index contributed by atoms with van der Waals surface area (Å²) in [6.45, 7) is 3.96. The molecule has 1 aromatic carbocycles.